The highest BCUT2D eigenvalue weighted by Crippen LogP contribution is 2.12. The molecule has 0 aliphatic heterocycles. The number of ether oxygens (including phenoxy) is 1. The Bertz CT molecular complexity index is 311. The average molecular weight is 241 g/mol. The smallest absolute Gasteiger partial charge is 0.320 e. The highest BCUT2D eigenvalue weighted by molar-refractivity contribution is 6.26. The Morgan fingerprint density at radius 1 is 1.38 bits per heavy atom. The zero-order valence-electron chi connectivity index (χ0n) is 9.49. The highest BCUT2D eigenvalue weighted by atomic mass is 35.5. The molecular formula is C13H17ClO2. The van der Waals surface area contributed by atoms with Crippen molar-refractivity contribution in [3.8, 4) is 0 Å². The molecule has 0 spiro atoms. The molecule has 0 aliphatic carbocycles. The second kappa shape index (κ2) is 7.29. The number of hydrogen-bond donors (Lipinski definition) is 0. The van der Waals surface area contributed by atoms with Crippen LogP contribution < -0.4 is 0 Å². The molecule has 1 unspecified atom stereocenters. The van der Waals surface area contributed by atoms with Crippen LogP contribution in [0.15, 0.2) is 30.3 Å². The predicted octanol–water partition coefficient (Wildman–Crippen LogP) is 3.04. The lowest BCUT2D eigenvalue weighted by molar-refractivity contribution is -0.141. The minimum absolute atomic E-state index is 0.0677. The Labute approximate surface area is 102 Å². The van der Waals surface area contributed by atoms with Gasteiger partial charge in [0.15, 0.2) is 0 Å². The molecule has 1 aromatic rings. The summed E-state index contributed by atoms with van der Waals surface area (Å²) < 4.78 is 5.05. The first-order valence-corrected chi connectivity index (χ1v) is 6.05. The summed E-state index contributed by atoms with van der Waals surface area (Å²) in [6.07, 6.45) is 1.93. The molecule has 1 atom stereocenters. The minimum atomic E-state index is -0.340. The molecule has 1 aromatic carbocycles. The second-order valence-corrected chi connectivity index (χ2v) is 4.05. The van der Waals surface area contributed by atoms with Gasteiger partial charge in [-0.2, -0.15) is 0 Å². The molecule has 88 valence electrons. The Hall–Kier alpha value is -1.02. The third-order valence-corrected chi connectivity index (χ3v) is 2.75. The topological polar surface area (TPSA) is 26.3 Å². The van der Waals surface area contributed by atoms with Gasteiger partial charge in [-0.25, -0.2) is 0 Å². The van der Waals surface area contributed by atoms with E-state index in [0.29, 0.717) is 12.5 Å². The van der Waals surface area contributed by atoms with E-state index in [-0.39, 0.29) is 11.8 Å². The maximum Gasteiger partial charge on any atom is 0.320 e. The Kier molecular flexibility index (Phi) is 5.94. The number of halogens is 1. The third-order valence-electron chi connectivity index (χ3n) is 2.53. The SMILES string of the molecule is CCC(COC(=O)CCl)Cc1ccccc1. The average Bonchev–Trinajstić information content (AvgIpc) is 2.35. The van der Waals surface area contributed by atoms with Crippen LogP contribution in [0.25, 0.3) is 0 Å². The maximum atomic E-state index is 10.9. The van der Waals surface area contributed by atoms with Crippen molar-refractivity contribution in [1.29, 1.82) is 0 Å². The summed E-state index contributed by atoms with van der Waals surface area (Å²) >= 11 is 5.36. The van der Waals surface area contributed by atoms with Crippen molar-refractivity contribution >= 4 is 17.6 Å². The van der Waals surface area contributed by atoms with Gasteiger partial charge in [-0.05, 0) is 24.3 Å². The van der Waals surface area contributed by atoms with Crippen LogP contribution in [0.2, 0.25) is 0 Å². The van der Waals surface area contributed by atoms with E-state index in [2.05, 4.69) is 19.1 Å². The van der Waals surface area contributed by atoms with E-state index in [1.807, 2.05) is 18.2 Å². The van der Waals surface area contributed by atoms with Crippen LogP contribution in [-0.2, 0) is 16.0 Å². The van der Waals surface area contributed by atoms with Crippen molar-refractivity contribution in [2.24, 2.45) is 5.92 Å². The number of hydrogen-bond acceptors (Lipinski definition) is 2. The van der Waals surface area contributed by atoms with Crippen molar-refractivity contribution in [2.45, 2.75) is 19.8 Å². The van der Waals surface area contributed by atoms with Gasteiger partial charge >= 0.3 is 5.97 Å². The molecule has 0 amide bonds. The molecule has 2 nitrogen and oxygen atoms in total. The first-order chi connectivity index (χ1) is 7.76. The molecule has 0 aromatic heterocycles. The molecule has 0 radical (unpaired) electrons. The maximum absolute atomic E-state index is 10.9. The van der Waals surface area contributed by atoms with Gasteiger partial charge in [0.25, 0.3) is 0 Å². The van der Waals surface area contributed by atoms with Gasteiger partial charge in [-0.15, -0.1) is 11.6 Å². The van der Waals surface area contributed by atoms with E-state index >= 15 is 0 Å². The summed E-state index contributed by atoms with van der Waals surface area (Å²) in [5.74, 6) is -0.0374. The standard InChI is InChI=1S/C13H17ClO2/c1-2-11(10-16-13(15)9-14)8-12-6-4-3-5-7-12/h3-7,11H,2,8-10H2,1H3. The van der Waals surface area contributed by atoms with E-state index in [1.54, 1.807) is 0 Å². The molecule has 1 rings (SSSR count). The van der Waals surface area contributed by atoms with E-state index in [1.165, 1.54) is 5.56 Å². The van der Waals surface area contributed by atoms with Crippen LogP contribution in [0.1, 0.15) is 18.9 Å². The second-order valence-electron chi connectivity index (χ2n) is 3.78. The summed E-state index contributed by atoms with van der Waals surface area (Å²) in [6, 6.07) is 10.2. The van der Waals surface area contributed by atoms with Crippen molar-refractivity contribution < 1.29 is 9.53 Å². The van der Waals surface area contributed by atoms with Crippen LogP contribution in [0.4, 0.5) is 0 Å². The van der Waals surface area contributed by atoms with Gasteiger partial charge in [-0.3, -0.25) is 4.79 Å². The van der Waals surface area contributed by atoms with Crippen LogP contribution >= 0.6 is 11.6 Å². The molecule has 0 N–H and O–H groups in total. The number of rotatable bonds is 6. The largest absolute Gasteiger partial charge is 0.464 e. The van der Waals surface area contributed by atoms with Gasteiger partial charge in [-0.1, -0.05) is 37.3 Å². The monoisotopic (exact) mass is 240 g/mol. The normalized spacial score (nSPS) is 12.1. The van der Waals surface area contributed by atoms with Gasteiger partial charge in [0.2, 0.25) is 0 Å². The molecule has 3 heteroatoms. The van der Waals surface area contributed by atoms with Crippen molar-refractivity contribution in [1.82, 2.24) is 0 Å². The quantitative estimate of drug-likeness (QED) is 0.564. The number of esters is 1. The molecule has 16 heavy (non-hydrogen) atoms. The number of benzene rings is 1. The Morgan fingerprint density at radius 2 is 2.06 bits per heavy atom. The Morgan fingerprint density at radius 3 is 2.62 bits per heavy atom. The zero-order chi connectivity index (χ0) is 11.8. The molecule has 0 fully saturated rings. The summed E-state index contributed by atoms with van der Waals surface area (Å²) in [5, 5.41) is 0. The lowest BCUT2D eigenvalue weighted by atomic mass is 9.98. The summed E-state index contributed by atoms with van der Waals surface area (Å²) in [4.78, 5) is 10.9. The predicted molar refractivity (Wildman–Crippen MR) is 65.6 cm³/mol. The molecule has 0 saturated carbocycles. The summed E-state index contributed by atoms with van der Waals surface area (Å²) in [6.45, 7) is 2.55. The third kappa shape index (κ3) is 4.67. The van der Waals surface area contributed by atoms with Gasteiger partial charge in [0.1, 0.15) is 5.88 Å². The summed E-state index contributed by atoms with van der Waals surface area (Å²) in [7, 11) is 0. The van der Waals surface area contributed by atoms with Crippen LogP contribution in [0.5, 0.6) is 0 Å². The zero-order valence-corrected chi connectivity index (χ0v) is 10.2. The van der Waals surface area contributed by atoms with E-state index in [4.69, 9.17) is 16.3 Å². The molecular weight excluding hydrogens is 224 g/mol. The van der Waals surface area contributed by atoms with Crippen molar-refractivity contribution in [3.63, 3.8) is 0 Å². The van der Waals surface area contributed by atoms with Crippen LogP contribution in [0.3, 0.4) is 0 Å². The van der Waals surface area contributed by atoms with E-state index in [9.17, 15) is 4.79 Å². The first kappa shape index (κ1) is 13.0. The fourth-order valence-electron chi connectivity index (χ4n) is 1.52. The highest BCUT2D eigenvalue weighted by Gasteiger charge is 2.10. The van der Waals surface area contributed by atoms with Gasteiger partial charge < -0.3 is 4.74 Å². The fourth-order valence-corrected chi connectivity index (χ4v) is 1.60. The molecule has 0 bridgehead atoms. The van der Waals surface area contributed by atoms with Crippen LogP contribution in [0, 0.1) is 5.92 Å². The van der Waals surface area contributed by atoms with Crippen LogP contribution in [-0.4, -0.2) is 18.5 Å². The first-order valence-electron chi connectivity index (χ1n) is 5.51. The lowest BCUT2D eigenvalue weighted by Crippen LogP contribution is -2.16. The van der Waals surface area contributed by atoms with Crippen molar-refractivity contribution in [2.75, 3.05) is 12.5 Å². The number of carbonyl (C=O) groups excluding carboxylic acids is 1. The van der Waals surface area contributed by atoms with E-state index < -0.39 is 0 Å². The molecule has 0 aliphatic rings. The van der Waals surface area contributed by atoms with Gasteiger partial charge in [0, 0.05) is 0 Å². The van der Waals surface area contributed by atoms with E-state index in [0.717, 1.165) is 12.8 Å². The summed E-state index contributed by atoms with van der Waals surface area (Å²) in [5.41, 5.74) is 1.27. The minimum Gasteiger partial charge on any atom is -0.464 e. The number of alkyl halides is 1. The number of carbonyl (C=O) groups is 1. The van der Waals surface area contributed by atoms with Crippen molar-refractivity contribution in [3.05, 3.63) is 35.9 Å². The molecule has 0 saturated heterocycles. The van der Waals surface area contributed by atoms with Gasteiger partial charge in [0.05, 0.1) is 6.61 Å². The fraction of sp³-hybridized carbons (Fsp3) is 0.462. The molecule has 0 heterocycles. The Balaban J connectivity index is 2.40. The lowest BCUT2D eigenvalue weighted by Gasteiger charge is -2.14.